The van der Waals surface area contributed by atoms with E-state index in [0.29, 0.717) is 6.61 Å². The summed E-state index contributed by atoms with van der Waals surface area (Å²) in [5, 5.41) is 8.62. The van der Waals surface area contributed by atoms with Crippen LogP contribution in [0.2, 0.25) is 0 Å². The maximum atomic E-state index is 13.5. The smallest absolute Gasteiger partial charge is 0.166 e. The first-order valence-corrected chi connectivity index (χ1v) is 5.80. The molecule has 4 heteroatoms. The van der Waals surface area contributed by atoms with E-state index in [1.807, 2.05) is 36.4 Å². The second-order valence-electron chi connectivity index (χ2n) is 3.77. The minimum Gasteiger partial charge on any atom is -0.490 e. The van der Waals surface area contributed by atoms with Crippen molar-refractivity contribution in [3.63, 3.8) is 0 Å². The largest absolute Gasteiger partial charge is 0.490 e. The van der Waals surface area contributed by atoms with Crippen LogP contribution in [0.1, 0.15) is 5.56 Å². The highest BCUT2D eigenvalue weighted by Gasteiger charge is 2.04. The first-order chi connectivity index (χ1) is 9.29. The van der Waals surface area contributed by atoms with Crippen LogP contribution in [0.4, 0.5) is 4.39 Å². The summed E-state index contributed by atoms with van der Waals surface area (Å²) in [6.07, 6.45) is 0. The van der Waals surface area contributed by atoms with Gasteiger partial charge >= 0.3 is 0 Å². The van der Waals surface area contributed by atoms with Crippen LogP contribution in [0.15, 0.2) is 48.5 Å². The molecule has 2 rings (SSSR count). The monoisotopic (exact) mass is 257 g/mol. The van der Waals surface area contributed by atoms with Crippen molar-refractivity contribution in [3.05, 3.63) is 59.9 Å². The Morgan fingerprint density at radius 1 is 1.00 bits per heavy atom. The van der Waals surface area contributed by atoms with Gasteiger partial charge in [-0.25, -0.2) is 4.39 Å². The molecule has 0 saturated carbocycles. The minimum atomic E-state index is -0.543. The molecule has 0 amide bonds. The summed E-state index contributed by atoms with van der Waals surface area (Å²) in [4.78, 5) is 0. The van der Waals surface area contributed by atoms with Crippen molar-refractivity contribution in [2.45, 2.75) is 0 Å². The van der Waals surface area contributed by atoms with Gasteiger partial charge in [0.05, 0.1) is 11.6 Å². The average Bonchev–Trinajstić information content (AvgIpc) is 2.46. The van der Waals surface area contributed by atoms with Gasteiger partial charge in [0, 0.05) is 0 Å². The SMILES string of the molecule is N#Cc1ccc(OCCOc2ccccc2)c(F)c1. The van der Waals surface area contributed by atoms with Crippen LogP contribution in [0.3, 0.4) is 0 Å². The first kappa shape index (κ1) is 12.9. The van der Waals surface area contributed by atoms with Gasteiger partial charge in [0.2, 0.25) is 0 Å². The molecule has 96 valence electrons. The number of hydrogen-bond acceptors (Lipinski definition) is 3. The lowest BCUT2D eigenvalue weighted by Crippen LogP contribution is -2.09. The van der Waals surface area contributed by atoms with E-state index in [0.717, 1.165) is 11.8 Å². The average molecular weight is 257 g/mol. The van der Waals surface area contributed by atoms with Gasteiger partial charge in [-0.05, 0) is 30.3 Å². The summed E-state index contributed by atoms with van der Waals surface area (Å²) < 4.78 is 24.1. The van der Waals surface area contributed by atoms with Gasteiger partial charge in [-0.15, -0.1) is 0 Å². The van der Waals surface area contributed by atoms with Crippen LogP contribution < -0.4 is 9.47 Å². The van der Waals surface area contributed by atoms with Crippen LogP contribution >= 0.6 is 0 Å². The van der Waals surface area contributed by atoms with Gasteiger partial charge in [-0.2, -0.15) is 5.26 Å². The van der Waals surface area contributed by atoms with Crippen LogP contribution in [-0.4, -0.2) is 13.2 Å². The van der Waals surface area contributed by atoms with Gasteiger partial charge in [-0.3, -0.25) is 0 Å². The highest BCUT2D eigenvalue weighted by Crippen LogP contribution is 2.18. The third-order valence-corrected chi connectivity index (χ3v) is 2.41. The second-order valence-corrected chi connectivity index (χ2v) is 3.77. The Morgan fingerprint density at radius 2 is 1.74 bits per heavy atom. The van der Waals surface area contributed by atoms with E-state index < -0.39 is 5.82 Å². The van der Waals surface area contributed by atoms with Crippen molar-refractivity contribution >= 4 is 0 Å². The van der Waals surface area contributed by atoms with Crippen molar-refractivity contribution in [2.24, 2.45) is 0 Å². The molecule has 2 aromatic carbocycles. The molecule has 0 heterocycles. The van der Waals surface area contributed by atoms with E-state index in [-0.39, 0.29) is 17.9 Å². The molecule has 2 aromatic rings. The zero-order valence-corrected chi connectivity index (χ0v) is 10.2. The minimum absolute atomic E-state index is 0.121. The van der Waals surface area contributed by atoms with E-state index in [1.165, 1.54) is 12.1 Å². The Bertz CT molecular complexity index is 578. The molecular weight excluding hydrogens is 245 g/mol. The topological polar surface area (TPSA) is 42.2 Å². The molecule has 0 atom stereocenters. The van der Waals surface area contributed by atoms with Crippen LogP contribution in [0.5, 0.6) is 11.5 Å². The van der Waals surface area contributed by atoms with Crippen molar-refractivity contribution in [3.8, 4) is 17.6 Å². The normalized spacial score (nSPS) is 9.68. The summed E-state index contributed by atoms with van der Waals surface area (Å²) in [6, 6.07) is 15.3. The molecule has 0 fully saturated rings. The first-order valence-electron chi connectivity index (χ1n) is 5.80. The van der Waals surface area contributed by atoms with Crippen LogP contribution in [0.25, 0.3) is 0 Å². The number of nitrogens with zero attached hydrogens (tertiary/aromatic N) is 1. The second kappa shape index (κ2) is 6.41. The fourth-order valence-corrected chi connectivity index (χ4v) is 1.52. The third-order valence-electron chi connectivity index (χ3n) is 2.41. The Balaban J connectivity index is 1.82. The van der Waals surface area contributed by atoms with E-state index in [2.05, 4.69) is 0 Å². The maximum absolute atomic E-state index is 13.5. The standard InChI is InChI=1S/C15H12FNO2/c16-14-10-12(11-17)6-7-15(14)19-9-8-18-13-4-2-1-3-5-13/h1-7,10H,8-9H2. The highest BCUT2D eigenvalue weighted by atomic mass is 19.1. The summed E-state index contributed by atoms with van der Waals surface area (Å²) in [5.74, 6) is 0.320. The zero-order chi connectivity index (χ0) is 13.5. The maximum Gasteiger partial charge on any atom is 0.166 e. The Morgan fingerprint density at radius 3 is 2.42 bits per heavy atom. The van der Waals surface area contributed by atoms with Gasteiger partial charge < -0.3 is 9.47 Å². The molecule has 19 heavy (non-hydrogen) atoms. The summed E-state index contributed by atoms with van der Waals surface area (Å²) in [6.45, 7) is 0.557. The van der Waals surface area contributed by atoms with Gasteiger partial charge in [0.1, 0.15) is 19.0 Å². The summed E-state index contributed by atoms with van der Waals surface area (Å²) in [5.41, 5.74) is 0.269. The summed E-state index contributed by atoms with van der Waals surface area (Å²) in [7, 11) is 0. The molecule has 0 N–H and O–H groups in total. The van der Waals surface area contributed by atoms with Crippen molar-refractivity contribution in [1.29, 1.82) is 5.26 Å². The van der Waals surface area contributed by atoms with Gasteiger partial charge in [0.15, 0.2) is 11.6 Å². The molecule has 0 spiro atoms. The van der Waals surface area contributed by atoms with E-state index in [4.69, 9.17) is 14.7 Å². The molecule has 0 aliphatic rings. The lowest BCUT2D eigenvalue weighted by molar-refractivity contribution is 0.211. The molecule has 0 aromatic heterocycles. The van der Waals surface area contributed by atoms with E-state index in [1.54, 1.807) is 0 Å². The van der Waals surface area contributed by atoms with E-state index in [9.17, 15) is 4.39 Å². The van der Waals surface area contributed by atoms with Crippen molar-refractivity contribution < 1.29 is 13.9 Å². The van der Waals surface area contributed by atoms with Crippen molar-refractivity contribution in [2.75, 3.05) is 13.2 Å². The predicted molar refractivity (Wildman–Crippen MR) is 68.5 cm³/mol. The number of rotatable bonds is 5. The molecule has 3 nitrogen and oxygen atoms in total. The zero-order valence-electron chi connectivity index (χ0n) is 10.2. The Labute approximate surface area is 110 Å². The fourth-order valence-electron chi connectivity index (χ4n) is 1.52. The Kier molecular flexibility index (Phi) is 4.35. The lowest BCUT2D eigenvalue weighted by Gasteiger charge is -2.08. The number of nitriles is 1. The number of halogens is 1. The number of hydrogen-bond donors (Lipinski definition) is 0. The van der Waals surface area contributed by atoms with Gasteiger partial charge in [0.25, 0.3) is 0 Å². The lowest BCUT2D eigenvalue weighted by atomic mass is 10.2. The number of para-hydroxylation sites is 1. The quantitative estimate of drug-likeness (QED) is 0.773. The molecule has 0 aliphatic heterocycles. The fraction of sp³-hybridized carbons (Fsp3) is 0.133. The van der Waals surface area contributed by atoms with Crippen molar-refractivity contribution in [1.82, 2.24) is 0 Å². The Hall–Kier alpha value is -2.54. The molecule has 0 bridgehead atoms. The highest BCUT2D eigenvalue weighted by molar-refractivity contribution is 5.35. The molecule has 0 unspecified atom stereocenters. The molecular formula is C15H12FNO2. The number of benzene rings is 2. The van der Waals surface area contributed by atoms with Crippen LogP contribution in [-0.2, 0) is 0 Å². The molecule has 0 saturated heterocycles. The van der Waals surface area contributed by atoms with Crippen LogP contribution in [0, 0.1) is 17.1 Å². The third kappa shape index (κ3) is 3.71. The van der Waals surface area contributed by atoms with Gasteiger partial charge in [-0.1, -0.05) is 18.2 Å². The predicted octanol–water partition coefficient (Wildman–Crippen LogP) is 3.16. The molecule has 0 aliphatic carbocycles. The molecule has 0 radical (unpaired) electrons. The number of ether oxygens (including phenoxy) is 2. The van der Waals surface area contributed by atoms with E-state index >= 15 is 0 Å². The summed E-state index contributed by atoms with van der Waals surface area (Å²) >= 11 is 0.